The van der Waals surface area contributed by atoms with Gasteiger partial charge in [0.15, 0.2) is 0 Å². The fourth-order valence-electron chi connectivity index (χ4n) is 3.61. The van der Waals surface area contributed by atoms with E-state index in [0.29, 0.717) is 11.8 Å². The third-order valence-corrected chi connectivity index (χ3v) is 5.50. The molecule has 0 saturated heterocycles. The van der Waals surface area contributed by atoms with Crippen LogP contribution in [0.25, 0.3) is 0 Å². The van der Waals surface area contributed by atoms with Crippen molar-refractivity contribution in [3.63, 3.8) is 0 Å². The molecule has 0 aliphatic heterocycles. The average Bonchev–Trinajstić information content (AvgIpc) is 3.00. The van der Waals surface area contributed by atoms with Crippen LogP contribution in [-0.2, 0) is 14.8 Å². The third kappa shape index (κ3) is 2.45. The number of fused-ring (bicyclic) bond motifs is 2. The van der Waals surface area contributed by atoms with Gasteiger partial charge >= 0.3 is 0 Å². The molecule has 1 aromatic carbocycles. The lowest BCUT2D eigenvalue weighted by atomic mass is 9.88. The van der Waals surface area contributed by atoms with Crippen molar-refractivity contribution in [3.8, 4) is 0 Å². The molecular weight excluding hydrogens is 276 g/mol. The summed E-state index contributed by atoms with van der Waals surface area (Å²) in [6.45, 7) is 0. The number of rotatable bonds is 3. The highest BCUT2D eigenvalue weighted by Crippen LogP contribution is 2.48. The standard InChI is InChI=1S/C14H18N2O3S/c15-20(18,19)13-4-2-1-3-12(13)16-14(17)11-8-9-5-6-10(11)7-9/h1-4,9-11H,5-8H2,(H,16,17)(H2,15,18,19). The molecular formula is C14H18N2O3S. The average molecular weight is 294 g/mol. The Morgan fingerprint density at radius 1 is 1.20 bits per heavy atom. The van der Waals surface area contributed by atoms with Crippen molar-refractivity contribution in [2.24, 2.45) is 22.9 Å². The molecule has 2 aliphatic rings. The predicted molar refractivity (Wildman–Crippen MR) is 75.4 cm³/mol. The summed E-state index contributed by atoms with van der Waals surface area (Å²) in [6.07, 6.45) is 4.39. The van der Waals surface area contributed by atoms with Crippen molar-refractivity contribution < 1.29 is 13.2 Å². The van der Waals surface area contributed by atoms with Crippen LogP contribution < -0.4 is 10.5 Å². The summed E-state index contributed by atoms with van der Waals surface area (Å²) in [7, 11) is -3.83. The van der Waals surface area contributed by atoms with Gasteiger partial charge in [-0.05, 0) is 43.2 Å². The number of carbonyl (C=O) groups is 1. The summed E-state index contributed by atoms with van der Waals surface area (Å²) < 4.78 is 23.0. The van der Waals surface area contributed by atoms with Crippen LogP contribution in [0.5, 0.6) is 0 Å². The van der Waals surface area contributed by atoms with E-state index in [-0.39, 0.29) is 22.4 Å². The van der Waals surface area contributed by atoms with Gasteiger partial charge in [0.05, 0.1) is 5.69 Å². The van der Waals surface area contributed by atoms with E-state index in [1.54, 1.807) is 18.2 Å². The number of carbonyl (C=O) groups excluding carboxylic acids is 1. The summed E-state index contributed by atoms with van der Waals surface area (Å²) in [5, 5.41) is 7.91. The van der Waals surface area contributed by atoms with E-state index in [2.05, 4.69) is 5.32 Å². The molecule has 1 amide bonds. The van der Waals surface area contributed by atoms with Crippen molar-refractivity contribution >= 4 is 21.6 Å². The summed E-state index contributed by atoms with van der Waals surface area (Å²) in [5.74, 6) is 1.07. The van der Waals surface area contributed by atoms with E-state index >= 15 is 0 Å². The molecule has 2 saturated carbocycles. The van der Waals surface area contributed by atoms with Gasteiger partial charge in [0.25, 0.3) is 0 Å². The van der Waals surface area contributed by atoms with E-state index in [1.807, 2.05) is 0 Å². The molecule has 6 heteroatoms. The first-order valence-electron chi connectivity index (χ1n) is 6.88. The smallest absolute Gasteiger partial charge is 0.240 e. The number of sulfonamides is 1. The van der Waals surface area contributed by atoms with Gasteiger partial charge in [-0.3, -0.25) is 4.79 Å². The summed E-state index contributed by atoms with van der Waals surface area (Å²) in [4.78, 5) is 12.3. The maximum absolute atomic E-state index is 12.3. The molecule has 108 valence electrons. The molecule has 1 aromatic rings. The minimum atomic E-state index is -3.83. The monoisotopic (exact) mass is 294 g/mol. The maximum atomic E-state index is 12.3. The molecule has 3 unspecified atom stereocenters. The van der Waals surface area contributed by atoms with Gasteiger partial charge in [0.1, 0.15) is 4.90 Å². The molecule has 3 atom stereocenters. The van der Waals surface area contributed by atoms with Crippen molar-refractivity contribution in [1.82, 2.24) is 0 Å². The lowest BCUT2D eigenvalue weighted by molar-refractivity contribution is -0.121. The minimum Gasteiger partial charge on any atom is -0.325 e. The molecule has 5 nitrogen and oxygen atoms in total. The SMILES string of the molecule is NS(=O)(=O)c1ccccc1NC(=O)C1CC2CCC1C2. The second-order valence-corrected chi connectivity index (χ2v) is 7.34. The topological polar surface area (TPSA) is 89.3 Å². The second-order valence-electron chi connectivity index (χ2n) is 5.81. The fourth-order valence-corrected chi connectivity index (χ4v) is 4.30. The third-order valence-electron chi connectivity index (χ3n) is 4.53. The molecule has 0 aromatic heterocycles. The van der Waals surface area contributed by atoms with Crippen molar-refractivity contribution in [3.05, 3.63) is 24.3 Å². The highest BCUT2D eigenvalue weighted by Gasteiger charge is 2.43. The molecule has 0 heterocycles. The number of nitrogens with two attached hydrogens (primary N) is 1. The number of para-hydroxylation sites is 1. The number of anilines is 1. The molecule has 3 N–H and O–H groups in total. The van der Waals surface area contributed by atoms with Gasteiger partial charge in [-0.2, -0.15) is 0 Å². The highest BCUT2D eigenvalue weighted by molar-refractivity contribution is 7.89. The van der Waals surface area contributed by atoms with E-state index in [4.69, 9.17) is 5.14 Å². The van der Waals surface area contributed by atoms with Crippen LogP contribution in [0.1, 0.15) is 25.7 Å². The molecule has 20 heavy (non-hydrogen) atoms. The lowest BCUT2D eigenvalue weighted by Crippen LogP contribution is -2.28. The number of hydrogen-bond donors (Lipinski definition) is 2. The fraction of sp³-hybridized carbons (Fsp3) is 0.500. The number of amides is 1. The largest absolute Gasteiger partial charge is 0.325 e. The highest BCUT2D eigenvalue weighted by atomic mass is 32.2. The van der Waals surface area contributed by atoms with Crippen LogP contribution in [0.3, 0.4) is 0 Å². The predicted octanol–water partition coefficient (Wildman–Crippen LogP) is 1.71. The summed E-state index contributed by atoms with van der Waals surface area (Å²) >= 11 is 0. The zero-order chi connectivity index (χ0) is 14.3. The Hall–Kier alpha value is -1.40. The molecule has 2 aliphatic carbocycles. The van der Waals surface area contributed by atoms with Gasteiger partial charge in [-0.15, -0.1) is 0 Å². The van der Waals surface area contributed by atoms with Crippen LogP contribution >= 0.6 is 0 Å². The van der Waals surface area contributed by atoms with Crippen LogP contribution in [0.2, 0.25) is 0 Å². The number of hydrogen-bond acceptors (Lipinski definition) is 3. The first-order chi connectivity index (χ1) is 9.45. The summed E-state index contributed by atoms with van der Waals surface area (Å²) in [6, 6.07) is 6.26. The Bertz CT molecular complexity index is 642. The van der Waals surface area contributed by atoms with Gasteiger partial charge in [0.2, 0.25) is 15.9 Å². The van der Waals surface area contributed by atoms with E-state index in [1.165, 1.54) is 12.5 Å². The molecule has 0 spiro atoms. The van der Waals surface area contributed by atoms with Crippen molar-refractivity contribution in [2.75, 3.05) is 5.32 Å². The van der Waals surface area contributed by atoms with Gasteiger partial charge in [0, 0.05) is 5.92 Å². The molecule has 2 bridgehead atoms. The zero-order valence-electron chi connectivity index (χ0n) is 11.1. The number of benzene rings is 1. The van der Waals surface area contributed by atoms with Crippen LogP contribution in [-0.4, -0.2) is 14.3 Å². The lowest BCUT2D eigenvalue weighted by Gasteiger charge is -2.21. The zero-order valence-corrected chi connectivity index (χ0v) is 11.9. The quantitative estimate of drug-likeness (QED) is 0.889. The van der Waals surface area contributed by atoms with Crippen LogP contribution in [0, 0.1) is 17.8 Å². The van der Waals surface area contributed by atoms with Crippen LogP contribution in [0.15, 0.2) is 29.2 Å². The molecule has 3 rings (SSSR count). The summed E-state index contributed by atoms with van der Waals surface area (Å²) in [5.41, 5.74) is 0.280. The Balaban J connectivity index is 1.80. The first-order valence-corrected chi connectivity index (χ1v) is 8.42. The number of primary sulfonamides is 1. The minimum absolute atomic E-state index is 0.0160. The normalized spacial score (nSPS) is 28.6. The van der Waals surface area contributed by atoms with E-state index in [0.717, 1.165) is 19.3 Å². The van der Waals surface area contributed by atoms with Gasteiger partial charge < -0.3 is 5.32 Å². The Morgan fingerprint density at radius 2 is 1.95 bits per heavy atom. The van der Waals surface area contributed by atoms with Crippen molar-refractivity contribution in [1.29, 1.82) is 0 Å². The Kier molecular flexibility index (Phi) is 3.30. The van der Waals surface area contributed by atoms with Gasteiger partial charge in [-0.1, -0.05) is 18.6 Å². The Labute approximate surface area is 118 Å². The molecule has 0 radical (unpaired) electrons. The van der Waals surface area contributed by atoms with E-state index in [9.17, 15) is 13.2 Å². The van der Waals surface area contributed by atoms with E-state index < -0.39 is 10.0 Å². The maximum Gasteiger partial charge on any atom is 0.240 e. The first kappa shape index (κ1) is 13.6. The van der Waals surface area contributed by atoms with Crippen LogP contribution in [0.4, 0.5) is 5.69 Å². The second kappa shape index (κ2) is 4.86. The van der Waals surface area contributed by atoms with Gasteiger partial charge in [-0.25, -0.2) is 13.6 Å². The number of nitrogens with one attached hydrogen (secondary N) is 1. The van der Waals surface area contributed by atoms with Crippen molar-refractivity contribution in [2.45, 2.75) is 30.6 Å². The molecule has 2 fully saturated rings. The Morgan fingerprint density at radius 3 is 2.55 bits per heavy atom.